The summed E-state index contributed by atoms with van der Waals surface area (Å²) < 4.78 is 0. The Morgan fingerprint density at radius 2 is 1.11 bits per heavy atom. The van der Waals surface area contributed by atoms with Crippen LogP contribution in [0, 0.1) is 0 Å². The first kappa shape index (κ1) is 26.2. The molecule has 0 radical (unpaired) electrons. The standard InChI is InChI=1S/C24H46O3/c1-3-5-7-8-9-10-11-12-13-14-15-16-17-18-19-21-23-26-27-24(25)22-20-6-4-2/h12-13H,3-11,14-23H2,1-2H3/b13-12-. The maximum atomic E-state index is 11.3. The van der Waals surface area contributed by atoms with Gasteiger partial charge in [-0.05, 0) is 38.5 Å². The Morgan fingerprint density at radius 3 is 1.70 bits per heavy atom. The van der Waals surface area contributed by atoms with Crippen LogP contribution in [0.1, 0.15) is 129 Å². The molecule has 0 amide bonds. The molecule has 0 aromatic carbocycles. The van der Waals surface area contributed by atoms with Crippen molar-refractivity contribution >= 4 is 5.97 Å². The van der Waals surface area contributed by atoms with Crippen molar-refractivity contribution in [3.63, 3.8) is 0 Å². The molecule has 0 aromatic heterocycles. The Morgan fingerprint density at radius 1 is 0.630 bits per heavy atom. The first-order valence-corrected chi connectivity index (χ1v) is 11.8. The van der Waals surface area contributed by atoms with E-state index in [0.29, 0.717) is 13.0 Å². The largest absolute Gasteiger partial charge is 0.342 e. The summed E-state index contributed by atoms with van der Waals surface area (Å²) >= 11 is 0. The number of hydrogen-bond acceptors (Lipinski definition) is 3. The third-order valence-electron chi connectivity index (χ3n) is 4.88. The molecule has 0 heterocycles. The summed E-state index contributed by atoms with van der Waals surface area (Å²) in [6, 6.07) is 0. The van der Waals surface area contributed by atoms with Gasteiger partial charge in [0.1, 0.15) is 0 Å². The lowest BCUT2D eigenvalue weighted by atomic mass is 10.1. The van der Waals surface area contributed by atoms with Gasteiger partial charge >= 0.3 is 5.97 Å². The van der Waals surface area contributed by atoms with Crippen LogP contribution in [0.5, 0.6) is 0 Å². The van der Waals surface area contributed by atoms with Crippen LogP contribution in [0.25, 0.3) is 0 Å². The van der Waals surface area contributed by atoms with E-state index in [0.717, 1.165) is 32.1 Å². The van der Waals surface area contributed by atoms with Crippen molar-refractivity contribution in [1.82, 2.24) is 0 Å². The van der Waals surface area contributed by atoms with Crippen molar-refractivity contribution in [1.29, 1.82) is 0 Å². The first-order chi connectivity index (χ1) is 13.3. The smallest absolute Gasteiger partial charge is 0.298 e. The normalized spacial score (nSPS) is 11.3. The van der Waals surface area contributed by atoms with E-state index < -0.39 is 0 Å². The van der Waals surface area contributed by atoms with Crippen LogP contribution in [0.3, 0.4) is 0 Å². The van der Waals surface area contributed by atoms with Gasteiger partial charge in [-0.1, -0.05) is 96.6 Å². The van der Waals surface area contributed by atoms with Gasteiger partial charge in [0.2, 0.25) is 0 Å². The van der Waals surface area contributed by atoms with E-state index in [1.165, 1.54) is 77.0 Å². The second-order valence-electron chi connectivity index (χ2n) is 7.67. The fourth-order valence-corrected chi connectivity index (χ4v) is 3.08. The van der Waals surface area contributed by atoms with E-state index in [4.69, 9.17) is 9.78 Å². The minimum absolute atomic E-state index is 0.229. The van der Waals surface area contributed by atoms with Crippen LogP contribution in [-0.2, 0) is 14.6 Å². The van der Waals surface area contributed by atoms with E-state index in [1.54, 1.807) is 0 Å². The van der Waals surface area contributed by atoms with Crippen molar-refractivity contribution < 1.29 is 14.6 Å². The van der Waals surface area contributed by atoms with Gasteiger partial charge < -0.3 is 0 Å². The van der Waals surface area contributed by atoms with Crippen molar-refractivity contribution in [2.75, 3.05) is 6.61 Å². The molecule has 3 nitrogen and oxygen atoms in total. The number of allylic oxidation sites excluding steroid dienone is 2. The van der Waals surface area contributed by atoms with Crippen LogP contribution in [-0.4, -0.2) is 12.6 Å². The Bertz CT molecular complexity index is 326. The lowest BCUT2D eigenvalue weighted by Gasteiger charge is -2.04. The topological polar surface area (TPSA) is 35.5 Å². The summed E-state index contributed by atoms with van der Waals surface area (Å²) in [6.45, 7) is 4.92. The number of hydrogen-bond donors (Lipinski definition) is 0. The van der Waals surface area contributed by atoms with Gasteiger partial charge in [0.05, 0.1) is 6.61 Å². The molecule has 0 aliphatic carbocycles. The Balaban J connectivity index is 3.14. The number of carbonyl (C=O) groups excluding carboxylic acids is 1. The zero-order valence-corrected chi connectivity index (χ0v) is 18.3. The summed E-state index contributed by atoms with van der Waals surface area (Å²) in [7, 11) is 0. The SMILES string of the molecule is CCCCCCCC/C=C\CCCCCCCCOOC(=O)CCCCC. The zero-order valence-electron chi connectivity index (χ0n) is 18.3. The minimum Gasteiger partial charge on any atom is -0.298 e. The highest BCUT2D eigenvalue weighted by atomic mass is 17.2. The molecule has 160 valence electrons. The maximum absolute atomic E-state index is 11.3. The molecule has 3 heteroatoms. The Hall–Kier alpha value is -0.830. The number of rotatable bonds is 21. The summed E-state index contributed by atoms with van der Waals surface area (Å²) in [4.78, 5) is 21.1. The number of carbonyl (C=O) groups is 1. The summed E-state index contributed by atoms with van der Waals surface area (Å²) in [5.74, 6) is -0.229. The highest BCUT2D eigenvalue weighted by molar-refractivity contribution is 5.68. The predicted octanol–water partition coefficient (Wildman–Crippen LogP) is 8.08. The van der Waals surface area contributed by atoms with E-state index in [2.05, 4.69) is 26.0 Å². The summed E-state index contributed by atoms with van der Waals surface area (Å²) in [5.41, 5.74) is 0. The van der Waals surface area contributed by atoms with Crippen LogP contribution < -0.4 is 0 Å². The fraction of sp³-hybridized carbons (Fsp3) is 0.875. The predicted molar refractivity (Wildman–Crippen MR) is 116 cm³/mol. The van der Waals surface area contributed by atoms with Gasteiger partial charge in [-0.2, -0.15) is 4.89 Å². The van der Waals surface area contributed by atoms with Crippen LogP contribution in [0.4, 0.5) is 0 Å². The Labute approximate surface area is 169 Å². The Kier molecular flexibility index (Phi) is 22.5. The zero-order chi connectivity index (χ0) is 19.8. The summed E-state index contributed by atoms with van der Waals surface area (Å²) in [6.07, 6.45) is 26.4. The second-order valence-corrected chi connectivity index (χ2v) is 7.67. The number of unbranched alkanes of at least 4 members (excludes halogenated alkanes) is 14. The molecular formula is C24H46O3. The molecule has 0 aliphatic heterocycles. The van der Waals surface area contributed by atoms with Crippen molar-refractivity contribution in [2.45, 2.75) is 129 Å². The van der Waals surface area contributed by atoms with Gasteiger partial charge in [0, 0.05) is 6.42 Å². The van der Waals surface area contributed by atoms with Gasteiger partial charge in [-0.25, -0.2) is 4.79 Å². The fourth-order valence-electron chi connectivity index (χ4n) is 3.08. The third-order valence-corrected chi connectivity index (χ3v) is 4.88. The second kappa shape index (κ2) is 23.2. The van der Waals surface area contributed by atoms with Crippen molar-refractivity contribution in [2.24, 2.45) is 0 Å². The first-order valence-electron chi connectivity index (χ1n) is 11.8. The van der Waals surface area contributed by atoms with Crippen LogP contribution in [0.2, 0.25) is 0 Å². The molecule has 0 atom stereocenters. The quantitative estimate of drug-likeness (QED) is 0.0871. The van der Waals surface area contributed by atoms with Crippen molar-refractivity contribution in [3.05, 3.63) is 12.2 Å². The van der Waals surface area contributed by atoms with Crippen LogP contribution >= 0.6 is 0 Å². The van der Waals surface area contributed by atoms with Crippen LogP contribution in [0.15, 0.2) is 12.2 Å². The molecule has 0 aromatic rings. The van der Waals surface area contributed by atoms with E-state index in [1.807, 2.05) is 0 Å². The molecule has 0 aliphatic rings. The molecular weight excluding hydrogens is 336 g/mol. The highest BCUT2D eigenvalue weighted by Gasteiger charge is 2.03. The van der Waals surface area contributed by atoms with E-state index in [9.17, 15) is 4.79 Å². The summed E-state index contributed by atoms with van der Waals surface area (Å²) in [5, 5.41) is 0. The van der Waals surface area contributed by atoms with Crippen molar-refractivity contribution in [3.8, 4) is 0 Å². The molecule has 0 saturated heterocycles. The molecule has 0 bridgehead atoms. The average Bonchev–Trinajstić information content (AvgIpc) is 2.67. The molecule has 0 fully saturated rings. The highest BCUT2D eigenvalue weighted by Crippen LogP contribution is 2.10. The van der Waals surface area contributed by atoms with Gasteiger partial charge in [0.15, 0.2) is 0 Å². The van der Waals surface area contributed by atoms with E-state index >= 15 is 0 Å². The third kappa shape index (κ3) is 23.1. The molecule has 0 saturated carbocycles. The molecule has 0 spiro atoms. The van der Waals surface area contributed by atoms with E-state index in [-0.39, 0.29) is 5.97 Å². The lowest BCUT2D eigenvalue weighted by Crippen LogP contribution is -2.06. The van der Waals surface area contributed by atoms with Gasteiger partial charge in [-0.3, -0.25) is 4.89 Å². The minimum atomic E-state index is -0.229. The van der Waals surface area contributed by atoms with Gasteiger partial charge in [-0.15, -0.1) is 0 Å². The molecule has 0 rings (SSSR count). The molecule has 27 heavy (non-hydrogen) atoms. The molecule has 0 unspecified atom stereocenters. The average molecular weight is 383 g/mol. The van der Waals surface area contributed by atoms with Gasteiger partial charge in [0.25, 0.3) is 0 Å². The lowest BCUT2D eigenvalue weighted by molar-refractivity contribution is -0.272. The molecule has 0 N–H and O–H groups in total. The monoisotopic (exact) mass is 382 g/mol. The maximum Gasteiger partial charge on any atom is 0.342 e.